The van der Waals surface area contributed by atoms with Crippen LogP contribution in [-0.2, 0) is 12.8 Å². The summed E-state index contributed by atoms with van der Waals surface area (Å²) in [6.07, 6.45) is 6.56. The monoisotopic (exact) mass is 273 g/mol. The molecule has 1 aliphatic carbocycles. The van der Waals surface area contributed by atoms with Gasteiger partial charge >= 0.3 is 0 Å². The molecule has 0 spiro atoms. The van der Waals surface area contributed by atoms with Crippen LogP contribution in [0.15, 0.2) is 28.9 Å². The molecule has 2 heterocycles. The fourth-order valence-corrected chi connectivity index (χ4v) is 3.45. The second-order valence-corrected chi connectivity index (χ2v) is 5.93. The van der Waals surface area contributed by atoms with Crippen LogP contribution < -0.4 is 0 Å². The molecule has 20 heavy (non-hydrogen) atoms. The van der Waals surface area contributed by atoms with Crippen molar-refractivity contribution in [2.45, 2.75) is 58.1 Å². The van der Waals surface area contributed by atoms with Crippen molar-refractivity contribution in [3.63, 3.8) is 0 Å². The first-order valence-electron chi connectivity index (χ1n) is 7.58. The molecule has 3 rings (SSSR count). The van der Waals surface area contributed by atoms with Crippen molar-refractivity contribution in [1.82, 2.24) is 4.57 Å². The van der Waals surface area contributed by atoms with E-state index in [1.54, 1.807) is 6.26 Å². The zero-order valence-electron chi connectivity index (χ0n) is 12.3. The zero-order valence-corrected chi connectivity index (χ0v) is 12.3. The first-order chi connectivity index (χ1) is 9.66. The summed E-state index contributed by atoms with van der Waals surface area (Å²) in [6.45, 7) is 4.41. The highest BCUT2D eigenvalue weighted by molar-refractivity contribution is 5.32. The third-order valence-corrected chi connectivity index (χ3v) is 4.45. The van der Waals surface area contributed by atoms with Gasteiger partial charge in [-0.3, -0.25) is 0 Å². The number of furan rings is 1. The average Bonchev–Trinajstić information content (AvgIpc) is 3.04. The van der Waals surface area contributed by atoms with Gasteiger partial charge in [-0.1, -0.05) is 0 Å². The van der Waals surface area contributed by atoms with Crippen LogP contribution in [0.25, 0.3) is 0 Å². The molecule has 3 nitrogen and oxygen atoms in total. The van der Waals surface area contributed by atoms with Crippen LogP contribution in [0.4, 0.5) is 0 Å². The highest BCUT2D eigenvalue weighted by Crippen LogP contribution is 2.34. The van der Waals surface area contributed by atoms with Crippen molar-refractivity contribution in [2.24, 2.45) is 0 Å². The minimum atomic E-state index is -0.268. The fraction of sp³-hybridized carbons (Fsp3) is 0.529. The summed E-state index contributed by atoms with van der Waals surface area (Å²) in [5, 5.41) is 10.1. The van der Waals surface area contributed by atoms with Crippen molar-refractivity contribution in [3.05, 3.63) is 47.2 Å². The largest absolute Gasteiger partial charge is 0.469 e. The van der Waals surface area contributed by atoms with E-state index in [-0.39, 0.29) is 6.10 Å². The molecule has 0 saturated heterocycles. The minimum Gasteiger partial charge on any atom is -0.469 e. The van der Waals surface area contributed by atoms with Crippen LogP contribution in [0, 0.1) is 6.92 Å². The first-order valence-corrected chi connectivity index (χ1v) is 7.58. The number of rotatable bonds is 4. The lowest BCUT2D eigenvalue weighted by Gasteiger charge is -2.24. The number of hydrogen-bond acceptors (Lipinski definition) is 2. The Hall–Kier alpha value is -1.48. The van der Waals surface area contributed by atoms with Crippen molar-refractivity contribution in [2.75, 3.05) is 0 Å². The van der Waals surface area contributed by atoms with Crippen LogP contribution in [0.3, 0.4) is 0 Å². The number of aryl methyl sites for hydroxylation is 2. The van der Waals surface area contributed by atoms with Gasteiger partial charge in [-0.15, -0.1) is 0 Å². The summed E-state index contributed by atoms with van der Waals surface area (Å²) in [5.74, 6) is 1.05. The molecule has 2 aromatic rings. The van der Waals surface area contributed by atoms with Crippen LogP contribution in [0.5, 0.6) is 0 Å². The topological polar surface area (TPSA) is 38.3 Å². The van der Waals surface area contributed by atoms with Gasteiger partial charge in [0.25, 0.3) is 0 Å². The zero-order chi connectivity index (χ0) is 14.1. The molecule has 108 valence electrons. The van der Waals surface area contributed by atoms with Crippen molar-refractivity contribution < 1.29 is 9.52 Å². The molecule has 0 aromatic carbocycles. The van der Waals surface area contributed by atoms with Crippen LogP contribution in [0.1, 0.15) is 61.0 Å². The highest BCUT2D eigenvalue weighted by Gasteiger charge is 2.24. The lowest BCUT2D eigenvalue weighted by molar-refractivity contribution is 0.155. The van der Waals surface area contributed by atoms with Gasteiger partial charge < -0.3 is 14.1 Å². The normalized spacial score (nSPS) is 19.9. The first kappa shape index (κ1) is 13.5. The van der Waals surface area contributed by atoms with Crippen molar-refractivity contribution in [3.8, 4) is 0 Å². The standard InChI is InChI=1S/C17H23NO2/c1-12(8-9-14-5-4-10-20-14)18-13(2)11-15-16(18)6-3-7-17(15)19/h4-5,10-12,17,19H,3,6-9H2,1-2H3. The minimum absolute atomic E-state index is 0.268. The Morgan fingerprint density at radius 2 is 2.35 bits per heavy atom. The third kappa shape index (κ3) is 2.42. The Kier molecular flexibility index (Phi) is 3.70. The lowest BCUT2D eigenvalue weighted by Crippen LogP contribution is -2.16. The van der Waals surface area contributed by atoms with Crippen molar-refractivity contribution in [1.29, 1.82) is 0 Å². The van der Waals surface area contributed by atoms with Gasteiger partial charge in [0.05, 0.1) is 12.4 Å². The third-order valence-electron chi connectivity index (χ3n) is 4.45. The molecule has 2 unspecified atom stereocenters. The Morgan fingerprint density at radius 1 is 1.50 bits per heavy atom. The molecule has 0 aliphatic heterocycles. The molecule has 0 fully saturated rings. The molecule has 0 amide bonds. The highest BCUT2D eigenvalue weighted by atomic mass is 16.3. The Morgan fingerprint density at radius 3 is 3.10 bits per heavy atom. The molecular formula is C17H23NO2. The second kappa shape index (κ2) is 5.49. The molecule has 0 bridgehead atoms. The van der Waals surface area contributed by atoms with E-state index < -0.39 is 0 Å². The molecule has 2 aromatic heterocycles. The van der Waals surface area contributed by atoms with Gasteiger partial charge in [-0.2, -0.15) is 0 Å². The number of hydrogen-bond donors (Lipinski definition) is 1. The smallest absolute Gasteiger partial charge is 0.103 e. The Balaban J connectivity index is 1.79. The van der Waals surface area contributed by atoms with Gasteiger partial charge in [0.2, 0.25) is 0 Å². The predicted octanol–water partition coefficient (Wildman–Crippen LogP) is 3.95. The molecule has 2 atom stereocenters. The summed E-state index contributed by atoms with van der Waals surface area (Å²) >= 11 is 0. The number of aliphatic hydroxyl groups is 1. The number of aliphatic hydroxyl groups excluding tert-OH is 1. The van der Waals surface area contributed by atoms with Gasteiger partial charge in [0.15, 0.2) is 0 Å². The summed E-state index contributed by atoms with van der Waals surface area (Å²) in [6, 6.07) is 6.59. The van der Waals surface area contributed by atoms with Gasteiger partial charge in [-0.05, 0) is 57.7 Å². The van der Waals surface area contributed by atoms with Gasteiger partial charge in [-0.25, -0.2) is 0 Å². The summed E-state index contributed by atoms with van der Waals surface area (Å²) in [7, 11) is 0. The van der Waals surface area contributed by atoms with E-state index in [2.05, 4.69) is 24.5 Å². The Labute approximate surface area is 120 Å². The van der Waals surface area contributed by atoms with Gasteiger partial charge in [0.1, 0.15) is 5.76 Å². The predicted molar refractivity (Wildman–Crippen MR) is 78.8 cm³/mol. The van der Waals surface area contributed by atoms with E-state index in [4.69, 9.17) is 4.42 Å². The summed E-state index contributed by atoms with van der Waals surface area (Å²) in [5.41, 5.74) is 3.76. The van der Waals surface area contributed by atoms with E-state index in [1.165, 1.54) is 11.4 Å². The molecule has 1 N–H and O–H groups in total. The van der Waals surface area contributed by atoms with Crippen LogP contribution >= 0.6 is 0 Å². The molecule has 3 heteroatoms. The van der Waals surface area contributed by atoms with E-state index in [0.717, 1.165) is 43.4 Å². The fourth-order valence-electron chi connectivity index (χ4n) is 3.45. The number of nitrogens with zero attached hydrogens (tertiary/aromatic N) is 1. The van der Waals surface area contributed by atoms with E-state index in [1.807, 2.05) is 12.1 Å². The molecule has 1 aliphatic rings. The molecule has 0 saturated carbocycles. The number of fused-ring (bicyclic) bond motifs is 1. The van der Waals surface area contributed by atoms with Crippen LogP contribution in [-0.4, -0.2) is 9.67 Å². The van der Waals surface area contributed by atoms with Crippen molar-refractivity contribution >= 4 is 0 Å². The quantitative estimate of drug-likeness (QED) is 0.916. The maximum atomic E-state index is 10.1. The maximum Gasteiger partial charge on any atom is 0.103 e. The SMILES string of the molecule is Cc1cc2c(n1C(C)CCc1ccco1)CCCC2O. The Bertz CT molecular complexity index is 568. The van der Waals surface area contributed by atoms with E-state index >= 15 is 0 Å². The average molecular weight is 273 g/mol. The summed E-state index contributed by atoms with van der Waals surface area (Å²) in [4.78, 5) is 0. The second-order valence-electron chi connectivity index (χ2n) is 5.93. The van der Waals surface area contributed by atoms with Crippen LogP contribution in [0.2, 0.25) is 0 Å². The summed E-state index contributed by atoms with van der Waals surface area (Å²) < 4.78 is 7.83. The number of aromatic nitrogens is 1. The molecule has 0 radical (unpaired) electrons. The molecular weight excluding hydrogens is 250 g/mol. The van der Waals surface area contributed by atoms with E-state index in [9.17, 15) is 5.11 Å². The van der Waals surface area contributed by atoms with Gasteiger partial charge in [0, 0.05) is 29.4 Å². The van der Waals surface area contributed by atoms with E-state index in [0.29, 0.717) is 6.04 Å². The lowest BCUT2D eigenvalue weighted by atomic mass is 9.95. The maximum absolute atomic E-state index is 10.1.